The molecule has 0 saturated carbocycles. The van der Waals surface area contributed by atoms with Crippen molar-refractivity contribution in [3.8, 4) is 0 Å². The van der Waals surface area contributed by atoms with Crippen LogP contribution in [0.4, 0.5) is 27.5 Å². The largest absolute Gasteiger partial charge is 0.368 e. The molecular formula is C22H22FN5O. The summed E-state index contributed by atoms with van der Waals surface area (Å²) in [6.07, 6.45) is 1.73. The zero-order valence-corrected chi connectivity index (χ0v) is 16.2. The minimum absolute atomic E-state index is 0.0241. The molecule has 4 rings (SSSR count). The second kappa shape index (κ2) is 8.26. The number of hydrogen-bond donors (Lipinski definition) is 1. The first-order chi connectivity index (χ1) is 14.1. The molecule has 1 saturated heterocycles. The number of rotatable bonds is 5. The number of hydrogen-bond acceptors (Lipinski definition) is 6. The third-order valence-electron chi connectivity index (χ3n) is 4.94. The summed E-state index contributed by atoms with van der Waals surface area (Å²) in [6, 6.07) is 15.7. The number of benzene rings is 2. The lowest BCUT2D eigenvalue weighted by molar-refractivity contribution is 0.101. The number of nitrogens with zero attached hydrogens (tertiary/aromatic N) is 4. The van der Waals surface area contributed by atoms with Crippen LogP contribution in [0.3, 0.4) is 0 Å². The molecular weight excluding hydrogens is 369 g/mol. The van der Waals surface area contributed by atoms with Gasteiger partial charge in [-0.3, -0.25) is 4.79 Å². The van der Waals surface area contributed by atoms with E-state index >= 15 is 0 Å². The Bertz CT molecular complexity index is 1000. The van der Waals surface area contributed by atoms with E-state index in [4.69, 9.17) is 0 Å². The van der Waals surface area contributed by atoms with E-state index in [2.05, 4.69) is 25.1 Å². The van der Waals surface area contributed by atoms with E-state index in [9.17, 15) is 9.18 Å². The van der Waals surface area contributed by atoms with E-state index in [1.54, 1.807) is 37.4 Å². The molecule has 0 amide bonds. The van der Waals surface area contributed by atoms with Crippen LogP contribution in [0.5, 0.6) is 0 Å². The average molecular weight is 391 g/mol. The molecule has 0 bridgehead atoms. The SMILES string of the molecule is CC(=O)c1cccc(Nc2ccnc(N3CCN(c4ccc(F)cc4)CC3)n2)c1. The fraction of sp³-hybridized carbons (Fsp3) is 0.227. The van der Waals surface area contributed by atoms with Gasteiger partial charge in [0.15, 0.2) is 5.78 Å². The molecule has 1 aliphatic heterocycles. The van der Waals surface area contributed by atoms with Crippen molar-refractivity contribution in [3.05, 3.63) is 72.2 Å². The van der Waals surface area contributed by atoms with E-state index in [1.807, 2.05) is 18.2 Å². The Labute approximate surface area is 169 Å². The molecule has 0 spiro atoms. The highest BCUT2D eigenvalue weighted by Gasteiger charge is 2.19. The predicted molar refractivity (Wildman–Crippen MR) is 113 cm³/mol. The number of Topliss-reactive ketones (excluding diaryl/α,β-unsaturated/α-hetero) is 1. The monoisotopic (exact) mass is 391 g/mol. The van der Waals surface area contributed by atoms with Crippen LogP contribution < -0.4 is 15.1 Å². The lowest BCUT2D eigenvalue weighted by Gasteiger charge is -2.36. The number of ketones is 1. The molecule has 1 aliphatic rings. The van der Waals surface area contributed by atoms with E-state index in [-0.39, 0.29) is 11.6 Å². The molecule has 0 aliphatic carbocycles. The van der Waals surface area contributed by atoms with Gasteiger partial charge >= 0.3 is 0 Å². The standard InChI is InChI=1S/C22H22FN5O/c1-16(29)17-3-2-4-19(15-17)25-21-9-10-24-22(26-21)28-13-11-27(12-14-28)20-7-5-18(23)6-8-20/h2-10,15H,11-14H2,1H3,(H,24,25,26). The first-order valence-corrected chi connectivity index (χ1v) is 9.55. The second-order valence-electron chi connectivity index (χ2n) is 6.95. The Morgan fingerprint density at radius 2 is 1.72 bits per heavy atom. The molecule has 0 radical (unpaired) electrons. The quantitative estimate of drug-likeness (QED) is 0.666. The van der Waals surface area contributed by atoms with Crippen molar-refractivity contribution in [2.75, 3.05) is 41.3 Å². The van der Waals surface area contributed by atoms with Crippen molar-refractivity contribution in [3.63, 3.8) is 0 Å². The third-order valence-corrected chi connectivity index (χ3v) is 4.94. The van der Waals surface area contributed by atoms with E-state index in [0.29, 0.717) is 17.3 Å². The van der Waals surface area contributed by atoms with Crippen LogP contribution in [0.15, 0.2) is 60.8 Å². The van der Waals surface area contributed by atoms with Gasteiger partial charge in [0, 0.05) is 49.3 Å². The molecule has 7 heteroatoms. The van der Waals surface area contributed by atoms with Crippen molar-refractivity contribution < 1.29 is 9.18 Å². The summed E-state index contributed by atoms with van der Waals surface area (Å²) >= 11 is 0. The smallest absolute Gasteiger partial charge is 0.227 e. The fourth-order valence-corrected chi connectivity index (χ4v) is 3.35. The Balaban J connectivity index is 1.42. The lowest BCUT2D eigenvalue weighted by Crippen LogP contribution is -2.47. The number of carbonyl (C=O) groups excluding carboxylic acids is 1. The van der Waals surface area contributed by atoms with Crippen molar-refractivity contribution in [2.24, 2.45) is 0 Å². The van der Waals surface area contributed by atoms with Gasteiger partial charge in [-0.25, -0.2) is 9.37 Å². The summed E-state index contributed by atoms with van der Waals surface area (Å²) in [5.74, 6) is 1.14. The maximum atomic E-state index is 13.1. The molecule has 2 aromatic carbocycles. The minimum Gasteiger partial charge on any atom is -0.368 e. The first-order valence-electron chi connectivity index (χ1n) is 9.55. The van der Waals surface area contributed by atoms with Crippen LogP contribution in [-0.4, -0.2) is 41.9 Å². The summed E-state index contributed by atoms with van der Waals surface area (Å²) < 4.78 is 13.1. The van der Waals surface area contributed by atoms with Gasteiger partial charge in [-0.1, -0.05) is 12.1 Å². The van der Waals surface area contributed by atoms with Gasteiger partial charge in [0.1, 0.15) is 11.6 Å². The molecule has 1 fully saturated rings. The first kappa shape index (κ1) is 18.9. The second-order valence-corrected chi connectivity index (χ2v) is 6.95. The van der Waals surface area contributed by atoms with Gasteiger partial charge in [0.05, 0.1) is 0 Å². The molecule has 148 valence electrons. The Kier molecular flexibility index (Phi) is 5.37. The molecule has 3 aromatic rings. The van der Waals surface area contributed by atoms with Gasteiger partial charge < -0.3 is 15.1 Å². The van der Waals surface area contributed by atoms with Crippen LogP contribution in [0.2, 0.25) is 0 Å². The maximum Gasteiger partial charge on any atom is 0.227 e. The highest BCUT2D eigenvalue weighted by molar-refractivity contribution is 5.95. The van der Waals surface area contributed by atoms with Gasteiger partial charge in [-0.2, -0.15) is 4.98 Å². The van der Waals surface area contributed by atoms with Crippen molar-refractivity contribution >= 4 is 28.9 Å². The highest BCUT2D eigenvalue weighted by Crippen LogP contribution is 2.21. The van der Waals surface area contributed by atoms with Crippen LogP contribution >= 0.6 is 0 Å². The fourth-order valence-electron chi connectivity index (χ4n) is 3.35. The number of piperazine rings is 1. The van der Waals surface area contributed by atoms with Gasteiger partial charge in [-0.15, -0.1) is 0 Å². The number of carbonyl (C=O) groups is 1. The van der Waals surface area contributed by atoms with Gasteiger partial charge in [0.2, 0.25) is 5.95 Å². The number of halogens is 1. The Morgan fingerprint density at radius 1 is 1.00 bits per heavy atom. The summed E-state index contributed by atoms with van der Waals surface area (Å²) in [6.45, 7) is 4.73. The summed E-state index contributed by atoms with van der Waals surface area (Å²) in [5, 5.41) is 3.24. The zero-order valence-electron chi connectivity index (χ0n) is 16.2. The van der Waals surface area contributed by atoms with Gasteiger partial charge in [-0.05, 0) is 49.4 Å². The number of anilines is 4. The minimum atomic E-state index is -0.223. The molecule has 2 heterocycles. The predicted octanol–water partition coefficient (Wildman–Crippen LogP) is 3.89. The molecule has 29 heavy (non-hydrogen) atoms. The number of nitrogens with one attached hydrogen (secondary N) is 1. The zero-order chi connectivity index (χ0) is 20.2. The molecule has 0 unspecified atom stereocenters. The van der Waals surface area contributed by atoms with E-state index in [0.717, 1.165) is 37.6 Å². The topological polar surface area (TPSA) is 61.4 Å². The van der Waals surface area contributed by atoms with Crippen LogP contribution in [0, 0.1) is 5.82 Å². The van der Waals surface area contributed by atoms with Crippen LogP contribution in [0.1, 0.15) is 17.3 Å². The van der Waals surface area contributed by atoms with E-state index in [1.165, 1.54) is 12.1 Å². The van der Waals surface area contributed by atoms with Crippen LogP contribution in [0.25, 0.3) is 0 Å². The summed E-state index contributed by atoms with van der Waals surface area (Å²) in [7, 11) is 0. The average Bonchev–Trinajstić information content (AvgIpc) is 2.75. The summed E-state index contributed by atoms with van der Waals surface area (Å²) in [5.41, 5.74) is 2.48. The van der Waals surface area contributed by atoms with Crippen molar-refractivity contribution in [2.45, 2.75) is 6.92 Å². The molecule has 0 atom stereocenters. The van der Waals surface area contributed by atoms with Crippen molar-refractivity contribution in [1.82, 2.24) is 9.97 Å². The van der Waals surface area contributed by atoms with Gasteiger partial charge in [0.25, 0.3) is 0 Å². The Morgan fingerprint density at radius 3 is 2.45 bits per heavy atom. The summed E-state index contributed by atoms with van der Waals surface area (Å²) in [4.78, 5) is 25.0. The van der Waals surface area contributed by atoms with Crippen molar-refractivity contribution in [1.29, 1.82) is 0 Å². The normalized spacial score (nSPS) is 14.0. The maximum absolute atomic E-state index is 13.1. The Hall–Kier alpha value is -3.48. The number of aromatic nitrogens is 2. The molecule has 1 aromatic heterocycles. The third kappa shape index (κ3) is 4.51. The lowest BCUT2D eigenvalue weighted by atomic mass is 10.1. The highest BCUT2D eigenvalue weighted by atomic mass is 19.1. The molecule has 6 nitrogen and oxygen atoms in total. The van der Waals surface area contributed by atoms with E-state index < -0.39 is 0 Å². The molecule has 1 N–H and O–H groups in total. The van der Waals surface area contributed by atoms with Crippen LogP contribution in [-0.2, 0) is 0 Å².